The number of morpholine rings is 1. The van der Waals surface area contributed by atoms with Gasteiger partial charge in [0.05, 0.1) is 28.7 Å². The maximum absolute atomic E-state index is 12.9. The molecular formula is C19H27ClN2O4S. The van der Waals surface area contributed by atoms with Gasteiger partial charge in [0.15, 0.2) is 0 Å². The van der Waals surface area contributed by atoms with Crippen LogP contribution in [0.1, 0.15) is 49.9 Å². The molecule has 27 heavy (non-hydrogen) atoms. The molecule has 1 amide bonds. The van der Waals surface area contributed by atoms with Crippen molar-refractivity contribution in [3.63, 3.8) is 0 Å². The molecule has 0 aromatic heterocycles. The topological polar surface area (TPSA) is 75.7 Å². The van der Waals surface area contributed by atoms with Crippen molar-refractivity contribution in [2.24, 2.45) is 5.92 Å². The zero-order chi connectivity index (χ0) is 19.7. The number of amides is 1. The fourth-order valence-corrected chi connectivity index (χ4v) is 5.28. The zero-order valence-corrected chi connectivity index (χ0v) is 17.4. The first-order chi connectivity index (χ1) is 12.7. The number of nitrogens with zero attached hydrogens (tertiary/aromatic N) is 1. The highest BCUT2D eigenvalue weighted by Gasteiger charge is 2.32. The van der Waals surface area contributed by atoms with Crippen molar-refractivity contribution in [3.05, 3.63) is 28.8 Å². The highest BCUT2D eigenvalue weighted by molar-refractivity contribution is 7.89. The fourth-order valence-electron chi connectivity index (χ4n) is 3.64. The summed E-state index contributed by atoms with van der Waals surface area (Å²) in [4.78, 5) is 12.9. The molecule has 2 aliphatic rings. The lowest BCUT2D eigenvalue weighted by atomic mass is 9.78. The molecule has 0 spiro atoms. The summed E-state index contributed by atoms with van der Waals surface area (Å²) in [5, 5.41) is 3.33. The van der Waals surface area contributed by atoms with E-state index in [1.165, 1.54) is 22.5 Å². The maximum atomic E-state index is 12.9. The Bertz CT molecular complexity index is 798. The minimum Gasteiger partial charge on any atom is -0.379 e. The number of nitrogens with one attached hydrogen (secondary N) is 1. The number of halogens is 1. The first kappa shape index (κ1) is 20.6. The Morgan fingerprint density at radius 3 is 2.52 bits per heavy atom. The van der Waals surface area contributed by atoms with Crippen LogP contribution in [-0.4, -0.2) is 50.5 Å². The molecule has 1 aromatic carbocycles. The third-order valence-electron chi connectivity index (χ3n) is 5.58. The van der Waals surface area contributed by atoms with Crippen molar-refractivity contribution in [1.29, 1.82) is 0 Å². The van der Waals surface area contributed by atoms with Crippen LogP contribution in [0.4, 0.5) is 0 Å². The average molecular weight is 415 g/mol. The van der Waals surface area contributed by atoms with Crippen LogP contribution in [0.2, 0.25) is 5.02 Å². The Hall–Kier alpha value is -1.15. The predicted molar refractivity (Wildman–Crippen MR) is 105 cm³/mol. The number of hydrogen-bond acceptors (Lipinski definition) is 4. The van der Waals surface area contributed by atoms with Crippen molar-refractivity contribution in [2.45, 2.75) is 50.0 Å². The number of benzene rings is 1. The van der Waals surface area contributed by atoms with E-state index in [1.807, 2.05) is 6.92 Å². The third-order valence-corrected chi connectivity index (χ3v) is 7.81. The first-order valence-electron chi connectivity index (χ1n) is 9.41. The summed E-state index contributed by atoms with van der Waals surface area (Å²) in [6.07, 6.45) is 3.94. The van der Waals surface area contributed by atoms with E-state index in [2.05, 4.69) is 12.2 Å². The van der Waals surface area contributed by atoms with Crippen molar-refractivity contribution in [1.82, 2.24) is 9.62 Å². The molecule has 1 N–H and O–H groups in total. The number of carbonyl (C=O) groups is 1. The molecule has 1 heterocycles. The van der Waals surface area contributed by atoms with E-state index in [1.54, 1.807) is 0 Å². The first-order valence-corrected chi connectivity index (χ1v) is 11.2. The van der Waals surface area contributed by atoms with Crippen LogP contribution >= 0.6 is 11.6 Å². The van der Waals surface area contributed by atoms with Crippen molar-refractivity contribution in [2.75, 3.05) is 26.3 Å². The SMILES string of the molecule is CC1CCC(C)(NC(=O)c2cc(S(=O)(=O)N3CCOCC3)ccc2Cl)CC1. The van der Waals surface area contributed by atoms with Crippen LogP contribution in [0.5, 0.6) is 0 Å². The van der Waals surface area contributed by atoms with E-state index in [0.717, 1.165) is 25.7 Å². The Balaban J connectivity index is 1.81. The highest BCUT2D eigenvalue weighted by Crippen LogP contribution is 2.32. The standard InChI is InChI=1S/C19H27ClN2O4S/c1-14-5-7-19(2,8-6-14)21-18(23)16-13-15(3-4-17(16)20)27(24,25)22-9-11-26-12-10-22/h3-4,13-14H,5-12H2,1-2H3,(H,21,23). The van der Waals surface area contributed by atoms with Gasteiger partial charge in [-0.3, -0.25) is 4.79 Å². The van der Waals surface area contributed by atoms with Crippen molar-refractivity contribution >= 4 is 27.5 Å². The molecule has 1 aliphatic heterocycles. The summed E-state index contributed by atoms with van der Waals surface area (Å²) in [6.45, 7) is 5.62. The van der Waals surface area contributed by atoms with E-state index in [4.69, 9.17) is 16.3 Å². The van der Waals surface area contributed by atoms with Gasteiger partial charge >= 0.3 is 0 Å². The zero-order valence-electron chi connectivity index (χ0n) is 15.8. The van der Waals surface area contributed by atoms with Gasteiger partial charge in [0.25, 0.3) is 5.91 Å². The minimum atomic E-state index is -3.68. The summed E-state index contributed by atoms with van der Waals surface area (Å²) in [5.74, 6) is 0.344. The molecule has 1 saturated heterocycles. The van der Waals surface area contributed by atoms with Crippen LogP contribution in [0.25, 0.3) is 0 Å². The van der Waals surface area contributed by atoms with Gasteiger partial charge in [-0.2, -0.15) is 4.31 Å². The number of ether oxygens (including phenoxy) is 1. The molecular weight excluding hydrogens is 388 g/mol. The van der Waals surface area contributed by atoms with Gasteiger partial charge in [0, 0.05) is 18.6 Å². The monoisotopic (exact) mass is 414 g/mol. The molecule has 0 bridgehead atoms. The molecule has 1 aliphatic carbocycles. The van der Waals surface area contributed by atoms with Crippen molar-refractivity contribution in [3.8, 4) is 0 Å². The molecule has 3 rings (SSSR count). The lowest BCUT2D eigenvalue weighted by molar-refractivity contribution is 0.0730. The van der Waals surface area contributed by atoms with Crippen LogP contribution in [0, 0.1) is 5.92 Å². The summed E-state index contributed by atoms with van der Waals surface area (Å²) >= 11 is 6.22. The van der Waals surface area contributed by atoms with Gasteiger partial charge in [0.1, 0.15) is 0 Å². The van der Waals surface area contributed by atoms with Crippen LogP contribution in [-0.2, 0) is 14.8 Å². The van der Waals surface area contributed by atoms with Crippen molar-refractivity contribution < 1.29 is 17.9 Å². The van der Waals surface area contributed by atoms with E-state index in [0.29, 0.717) is 32.2 Å². The summed E-state index contributed by atoms with van der Waals surface area (Å²) in [6, 6.07) is 4.32. The summed E-state index contributed by atoms with van der Waals surface area (Å²) in [7, 11) is -3.68. The second-order valence-corrected chi connectivity index (χ2v) is 10.2. The van der Waals surface area contributed by atoms with E-state index >= 15 is 0 Å². The summed E-state index contributed by atoms with van der Waals surface area (Å²) < 4.78 is 32.3. The molecule has 8 heteroatoms. The van der Waals surface area contributed by atoms with Crippen LogP contribution in [0.3, 0.4) is 0 Å². The van der Waals surface area contributed by atoms with Gasteiger partial charge in [0.2, 0.25) is 10.0 Å². The van der Waals surface area contributed by atoms with Crippen LogP contribution in [0.15, 0.2) is 23.1 Å². The molecule has 0 radical (unpaired) electrons. The fraction of sp³-hybridized carbons (Fsp3) is 0.632. The molecule has 2 fully saturated rings. The average Bonchev–Trinajstić information content (AvgIpc) is 2.65. The number of hydrogen-bond donors (Lipinski definition) is 1. The second kappa shape index (κ2) is 8.07. The molecule has 0 unspecified atom stereocenters. The third kappa shape index (κ3) is 4.65. The minimum absolute atomic E-state index is 0.0846. The second-order valence-electron chi connectivity index (χ2n) is 7.86. The molecule has 6 nitrogen and oxygen atoms in total. The summed E-state index contributed by atoms with van der Waals surface area (Å²) in [5.41, 5.74) is -0.0858. The number of rotatable bonds is 4. The largest absolute Gasteiger partial charge is 0.379 e. The van der Waals surface area contributed by atoms with E-state index in [9.17, 15) is 13.2 Å². The molecule has 150 valence electrons. The Labute approximate surface area is 166 Å². The number of carbonyl (C=O) groups excluding carboxylic acids is 1. The predicted octanol–water partition coefficient (Wildman–Crippen LogP) is 3.06. The quantitative estimate of drug-likeness (QED) is 0.821. The normalized spacial score (nSPS) is 27.3. The molecule has 1 saturated carbocycles. The Morgan fingerprint density at radius 1 is 1.26 bits per heavy atom. The van der Waals surface area contributed by atoms with Gasteiger partial charge in [-0.25, -0.2) is 8.42 Å². The van der Waals surface area contributed by atoms with Gasteiger partial charge in [-0.05, 0) is 56.7 Å². The smallest absolute Gasteiger partial charge is 0.253 e. The van der Waals surface area contributed by atoms with Gasteiger partial charge < -0.3 is 10.1 Å². The Morgan fingerprint density at radius 2 is 1.89 bits per heavy atom. The van der Waals surface area contributed by atoms with Gasteiger partial charge in [-0.1, -0.05) is 18.5 Å². The molecule has 1 aromatic rings. The van der Waals surface area contributed by atoms with Crippen LogP contribution < -0.4 is 5.32 Å². The highest BCUT2D eigenvalue weighted by atomic mass is 35.5. The lowest BCUT2D eigenvalue weighted by Gasteiger charge is -2.37. The Kier molecular flexibility index (Phi) is 6.15. The van der Waals surface area contributed by atoms with Gasteiger partial charge in [-0.15, -0.1) is 0 Å². The van der Waals surface area contributed by atoms with E-state index in [-0.39, 0.29) is 26.9 Å². The number of sulfonamides is 1. The lowest BCUT2D eigenvalue weighted by Crippen LogP contribution is -2.48. The van der Waals surface area contributed by atoms with E-state index < -0.39 is 10.0 Å². The molecule has 0 atom stereocenters. The maximum Gasteiger partial charge on any atom is 0.253 e.